The maximum Gasteiger partial charge on any atom is 0.372 e. The van der Waals surface area contributed by atoms with Crippen molar-refractivity contribution in [3.05, 3.63) is 54.3 Å². The first kappa shape index (κ1) is 17.1. The number of carbonyl (C=O) groups excluding carboxylic acids is 3. The molecule has 0 saturated heterocycles. The minimum atomic E-state index is -0.788. The standard InChI is InChI=1S/C17H16N4O3/c1-17(2)10-8-15(9-11-17)20(14-6-4-3-5-7-14)16(24)21(18-12-22)19-13-23/h3-10H,11H2,1-2H3. The molecule has 0 fully saturated rings. The fourth-order valence-electron chi connectivity index (χ4n) is 2.20. The number of allylic oxidation sites excluding steroid dienone is 3. The number of isocyanates is 2. The van der Waals surface area contributed by atoms with E-state index in [-0.39, 0.29) is 5.41 Å². The fourth-order valence-corrected chi connectivity index (χ4v) is 2.20. The van der Waals surface area contributed by atoms with Crippen LogP contribution >= 0.6 is 0 Å². The van der Waals surface area contributed by atoms with Gasteiger partial charge in [0.25, 0.3) is 12.2 Å². The summed E-state index contributed by atoms with van der Waals surface area (Å²) in [6.07, 6.45) is 8.82. The number of hydrogen-bond donors (Lipinski definition) is 0. The first-order valence-corrected chi connectivity index (χ1v) is 7.23. The lowest BCUT2D eigenvalue weighted by molar-refractivity contribution is 0.210. The van der Waals surface area contributed by atoms with E-state index in [2.05, 4.69) is 24.1 Å². The van der Waals surface area contributed by atoms with Crippen molar-refractivity contribution in [1.29, 1.82) is 0 Å². The molecule has 0 unspecified atom stereocenters. The summed E-state index contributed by atoms with van der Waals surface area (Å²) in [6.45, 7) is 4.15. The van der Waals surface area contributed by atoms with Crippen LogP contribution in [0, 0.1) is 5.41 Å². The van der Waals surface area contributed by atoms with Crippen LogP contribution in [0.4, 0.5) is 10.5 Å². The molecule has 0 aromatic heterocycles. The summed E-state index contributed by atoms with van der Waals surface area (Å²) in [6, 6.07) is 8.00. The number of hydrogen-bond acceptors (Lipinski definition) is 5. The number of hydrazone groups is 2. The van der Waals surface area contributed by atoms with Crippen LogP contribution in [-0.4, -0.2) is 23.3 Å². The average Bonchev–Trinajstić information content (AvgIpc) is 2.57. The molecule has 0 saturated carbocycles. The van der Waals surface area contributed by atoms with E-state index in [0.717, 1.165) is 6.42 Å². The van der Waals surface area contributed by atoms with Crippen LogP contribution < -0.4 is 4.90 Å². The number of benzene rings is 1. The molecule has 122 valence electrons. The average molecular weight is 324 g/mol. The van der Waals surface area contributed by atoms with Gasteiger partial charge < -0.3 is 0 Å². The highest BCUT2D eigenvalue weighted by Gasteiger charge is 2.27. The van der Waals surface area contributed by atoms with E-state index in [1.54, 1.807) is 24.3 Å². The molecule has 24 heavy (non-hydrogen) atoms. The van der Waals surface area contributed by atoms with Crippen LogP contribution in [0.25, 0.3) is 0 Å². The number of rotatable bonds is 4. The molecular formula is C17H16N4O3. The van der Waals surface area contributed by atoms with Crippen molar-refractivity contribution in [2.75, 3.05) is 4.90 Å². The summed E-state index contributed by atoms with van der Waals surface area (Å²) >= 11 is 0. The molecule has 0 spiro atoms. The largest absolute Gasteiger partial charge is 0.372 e. The molecule has 0 atom stereocenters. The number of para-hydroxylation sites is 1. The monoisotopic (exact) mass is 324 g/mol. The van der Waals surface area contributed by atoms with Crippen LogP contribution in [0.5, 0.6) is 0 Å². The van der Waals surface area contributed by atoms with E-state index >= 15 is 0 Å². The van der Waals surface area contributed by atoms with Crippen LogP contribution in [-0.2, 0) is 9.59 Å². The second-order valence-electron chi connectivity index (χ2n) is 5.78. The Labute approximate surface area is 139 Å². The van der Waals surface area contributed by atoms with Crippen molar-refractivity contribution in [3.8, 4) is 0 Å². The first-order valence-electron chi connectivity index (χ1n) is 7.23. The van der Waals surface area contributed by atoms with Gasteiger partial charge in [-0.1, -0.05) is 59.5 Å². The summed E-state index contributed by atoms with van der Waals surface area (Å²) in [5, 5.41) is 6.64. The summed E-state index contributed by atoms with van der Waals surface area (Å²) in [5.74, 6) is 0. The third kappa shape index (κ3) is 3.93. The van der Waals surface area contributed by atoms with Crippen molar-refractivity contribution in [3.63, 3.8) is 0 Å². The molecule has 1 aliphatic carbocycles. The van der Waals surface area contributed by atoms with Gasteiger partial charge in [-0.3, -0.25) is 4.90 Å². The van der Waals surface area contributed by atoms with E-state index in [1.165, 1.54) is 17.1 Å². The Bertz CT molecular complexity index is 752. The third-order valence-electron chi connectivity index (χ3n) is 3.45. The Morgan fingerprint density at radius 2 is 1.75 bits per heavy atom. The molecular weight excluding hydrogens is 308 g/mol. The maximum absolute atomic E-state index is 12.7. The van der Waals surface area contributed by atoms with E-state index in [1.807, 2.05) is 24.3 Å². The Balaban J connectivity index is 2.47. The van der Waals surface area contributed by atoms with Crippen molar-refractivity contribution in [2.24, 2.45) is 15.6 Å². The quantitative estimate of drug-likeness (QED) is 0.484. The maximum atomic E-state index is 12.7. The molecule has 1 aliphatic rings. The van der Waals surface area contributed by atoms with Crippen LogP contribution in [0.2, 0.25) is 0 Å². The van der Waals surface area contributed by atoms with Crippen LogP contribution in [0.3, 0.4) is 0 Å². The van der Waals surface area contributed by atoms with Crippen LogP contribution in [0.1, 0.15) is 20.3 Å². The number of carbonyl (C=O) groups is 1. The molecule has 7 nitrogen and oxygen atoms in total. The Morgan fingerprint density at radius 1 is 1.12 bits per heavy atom. The van der Waals surface area contributed by atoms with E-state index in [9.17, 15) is 14.4 Å². The molecule has 0 radical (unpaired) electrons. The van der Waals surface area contributed by atoms with Gasteiger partial charge in [-0.25, -0.2) is 14.4 Å². The molecule has 0 bridgehead atoms. The number of urea groups is 1. The second-order valence-corrected chi connectivity index (χ2v) is 5.78. The molecule has 0 heterocycles. The molecule has 2 amide bonds. The second kappa shape index (κ2) is 7.33. The zero-order valence-corrected chi connectivity index (χ0v) is 13.3. The summed E-state index contributed by atoms with van der Waals surface area (Å²) in [4.78, 5) is 35.0. The zero-order chi connectivity index (χ0) is 17.6. The van der Waals surface area contributed by atoms with E-state index in [4.69, 9.17) is 0 Å². The minimum Gasteiger partial charge on any atom is -0.260 e. The minimum absolute atomic E-state index is 0.0174. The SMILES string of the molecule is CC1(C)C=CC(N(C(=O)N(N=C=O)N=C=O)c2ccccc2)=CC1. The lowest BCUT2D eigenvalue weighted by Gasteiger charge is -2.29. The first-order chi connectivity index (χ1) is 11.5. The number of nitrogens with zero attached hydrogens (tertiary/aromatic N) is 4. The highest BCUT2D eigenvalue weighted by Crippen LogP contribution is 2.32. The molecule has 1 aromatic rings. The molecule has 0 aliphatic heterocycles. The van der Waals surface area contributed by atoms with E-state index in [0.29, 0.717) is 16.5 Å². The smallest absolute Gasteiger partial charge is 0.260 e. The molecule has 0 N–H and O–H groups in total. The van der Waals surface area contributed by atoms with Gasteiger partial charge in [-0.2, -0.15) is 0 Å². The van der Waals surface area contributed by atoms with Gasteiger partial charge in [0, 0.05) is 5.70 Å². The molecule has 2 rings (SSSR count). The highest BCUT2D eigenvalue weighted by atomic mass is 16.2. The lowest BCUT2D eigenvalue weighted by atomic mass is 9.85. The lowest BCUT2D eigenvalue weighted by Crippen LogP contribution is -2.38. The fraction of sp³-hybridized carbons (Fsp3) is 0.235. The topological polar surface area (TPSA) is 82.4 Å². The summed E-state index contributed by atoms with van der Waals surface area (Å²) < 4.78 is 0. The summed E-state index contributed by atoms with van der Waals surface area (Å²) in [5.41, 5.74) is 1.12. The van der Waals surface area contributed by atoms with Gasteiger partial charge >= 0.3 is 6.03 Å². The van der Waals surface area contributed by atoms with Crippen molar-refractivity contribution in [1.82, 2.24) is 5.12 Å². The van der Waals surface area contributed by atoms with Crippen LogP contribution in [0.15, 0.2) is 64.5 Å². The predicted octanol–water partition coefficient (Wildman–Crippen LogP) is 3.29. The normalized spacial score (nSPS) is 14.7. The summed E-state index contributed by atoms with van der Waals surface area (Å²) in [7, 11) is 0. The third-order valence-corrected chi connectivity index (χ3v) is 3.45. The van der Waals surface area contributed by atoms with Gasteiger partial charge in [-0.15, -0.1) is 0 Å². The molecule has 7 heteroatoms. The van der Waals surface area contributed by atoms with Crippen molar-refractivity contribution >= 4 is 23.9 Å². The van der Waals surface area contributed by atoms with Gasteiger partial charge in [0.1, 0.15) is 0 Å². The van der Waals surface area contributed by atoms with E-state index < -0.39 is 6.03 Å². The van der Waals surface area contributed by atoms with Crippen molar-refractivity contribution < 1.29 is 14.4 Å². The Kier molecular flexibility index (Phi) is 5.22. The predicted molar refractivity (Wildman–Crippen MR) is 88.0 cm³/mol. The van der Waals surface area contributed by atoms with Gasteiger partial charge in [0.15, 0.2) is 0 Å². The van der Waals surface area contributed by atoms with Crippen molar-refractivity contribution in [2.45, 2.75) is 20.3 Å². The highest BCUT2D eigenvalue weighted by molar-refractivity contribution is 5.96. The number of anilines is 1. The van der Waals surface area contributed by atoms with Gasteiger partial charge in [-0.05, 0) is 30.0 Å². The van der Waals surface area contributed by atoms with Gasteiger partial charge in [0.2, 0.25) is 0 Å². The number of amides is 2. The Hall–Kier alpha value is -3.27. The Morgan fingerprint density at radius 3 is 2.25 bits per heavy atom. The van der Waals surface area contributed by atoms with Gasteiger partial charge in [0.05, 0.1) is 5.69 Å². The zero-order valence-electron chi connectivity index (χ0n) is 13.3. The molecule has 1 aromatic carbocycles.